The monoisotopic (exact) mass is 518 g/mol. The molecule has 0 aliphatic carbocycles. The molecule has 0 saturated heterocycles. The van der Waals surface area contributed by atoms with Crippen molar-refractivity contribution in [2.75, 3.05) is 0 Å². The first-order valence-electron chi connectivity index (χ1n) is 14.5. The second kappa shape index (κ2) is 21.7. The number of benzene rings is 1. The van der Waals surface area contributed by atoms with Gasteiger partial charge >= 0.3 is 17.9 Å². The van der Waals surface area contributed by atoms with Gasteiger partial charge in [-0.1, -0.05) is 127 Å². The number of rotatable bonds is 22. The maximum absolute atomic E-state index is 12.2. The van der Waals surface area contributed by atoms with E-state index in [1.165, 1.54) is 90.9 Å². The molecule has 0 aliphatic rings. The minimum absolute atomic E-state index is 0.103. The van der Waals surface area contributed by atoms with Gasteiger partial charge in [0.1, 0.15) is 6.61 Å². The maximum Gasteiger partial charge on any atom is 0.347 e. The summed E-state index contributed by atoms with van der Waals surface area (Å²) in [4.78, 5) is 36.3. The molecule has 0 unspecified atom stereocenters. The molecule has 0 bridgehead atoms. The summed E-state index contributed by atoms with van der Waals surface area (Å²) < 4.78 is 15.4. The lowest BCUT2D eigenvalue weighted by atomic mass is 10.0. The third-order valence-electron chi connectivity index (χ3n) is 6.47. The van der Waals surface area contributed by atoms with Crippen molar-refractivity contribution in [3.63, 3.8) is 0 Å². The Bertz CT molecular complexity index is 732. The summed E-state index contributed by atoms with van der Waals surface area (Å²) in [5.74, 6) is -1.82. The number of hydrogen-bond donors (Lipinski definition) is 0. The van der Waals surface area contributed by atoms with Gasteiger partial charge in [-0.3, -0.25) is 4.79 Å². The van der Waals surface area contributed by atoms with E-state index in [9.17, 15) is 14.4 Å². The van der Waals surface area contributed by atoms with E-state index in [0.29, 0.717) is 0 Å². The van der Waals surface area contributed by atoms with Crippen LogP contribution in [-0.2, 0) is 35.2 Å². The van der Waals surface area contributed by atoms with Crippen LogP contribution < -0.4 is 0 Å². The van der Waals surface area contributed by atoms with Crippen molar-refractivity contribution in [1.82, 2.24) is 0 Å². The Kier molecular flexibility index (Phi) is 19.1. The Morgan fingerprint density at radius 1 is 0.622 bits per heavy atom. The summed E-state index contributed by atoms with van der Waals surface area (Å²) in [6.45, 7) is 5.25. The molecule has 2 atom stereocenters. The zero-order valence-electron chi connectivity index (χ0n) is 23.5. The third kappa shape index (κ3) is 17.7. The van der Waals surface area contributed by atoms with Crippen LogP contribution in [0.15, 0.2) is 30.3 Å². The second-order valence-electron chi connectivity index (χ2n) is 10.0. The van der Waals surface area contributed by atoms with E-state index in [1.807, 2.05) is 30.3 Å². The predicted octanol–water partition coefficient (Wildman–Crippen LogP) is 7.85. The fourth-order valence-electron chi connectivity index (χ4n) is 4.11. The van der Waals surface area contributed by atoms with Crippen molar-refractivity contribution in [2.45, 2.75) is 142 Å². The van der Waals surface area contributed by atoms with Crippen LogP contribution in [0, 0.1) is 0 Å². The molecule has 1 aromatic rings. The van der Waals surface area contributed by atoms with Gasteiger partial charge in [0.05, 0.1) is 0 Å². The third-order valence-corrected chi connectivity index (χ3v) is 6.47. The molecule has 210 valence electrons. The van der Waals surface area contributed by atoms with E-state index < -0.39 is 30.1 Å². The first kappa shape index (κ1) is 32.7. The van der Waals surface area contributed by atoms with Gasteiger partial charge in [0.2, 0.25) is 0 Å². The van der Waals surface area contributed by atoms with E-state index in [1.54, 1.807) is 0 Å². The molecule has 0 aliphatic heterocycles. The zero-order chi connectivity index (χ0) is 27.1. The molecule has 0 radical (unpaired) electrons. The highest BCUT2D eigenvalue weighted by atomic mass is 16.6. The molecule has 0 saturated carbocycles. The first-order valence-corrected chi connectivity index (χ1v) is 14.5. The molecule has 1 rings (SSSR count). The average molecular weight is 519 g/mol. The topological polar surface area (TPSA) is 78.9 Å². The lowest BCUT2D eigenvalue weighted by molar-refractivity contribution is -0.177. The quantitative estimate of drug-likeness (QED) is 0.0883. The highest BCUT2D eigenvalue weighted by molar-refractivity contribution is 5.82. The Morgan fingerprint density at radius 2 is 1.08 bits per heavy atom. The summed E-state index contributed by atoms with van der Waals surface area (Å²) >= 11 is 0. The highest BCUT2D eigenvalue weighted by Gasteiger charge is 2.25. The standard InChI is InChI=1S/C31H50O6/c1-4-5-6-7-8-9-10-11-12-13-14-15-16-17-21-24-29(32)36-27(3)31(34)37-26(2)30(33)35-25-28-22-19-18-20-23-28/h18-20,22-23,26-27H,4-17,21,24-25H2,1-3H3/t26-,27-/m0/s1. The molecular weight excluding hydrogens is 468 g/mol. The fraction of sp³-hybridized carbons (Fsp3) is 0.710. The van der Waals surface area contributed by atoms with E-state index >= 15 is 0 Å². The lowest BCUT2D eigenvalue weighted by Crippen LogP contribution is -2.33. The maximum atomic E-state index is 12.2. The summed E-state index contributed by atoms with van der Waals surface area (Å²) in [5.41, 5.74) is 0.843. The number of carbonyl (C=O) groups is 3. The van der Waals surface area contributed by atoms with Crippen molar-refractivity contribution < 1.29 is 28.6 Å². The molecule has 0 N–H and O–H groups in total. The van der Waals surface area contributed by atoms with Gasteiger partial charge in [-0.25, -0.2) is 9.59 Å². The molecule has 1 aromatic carbocycles. The predicted molar refractivity (Wildman–Crippen MR) is 147 cm³/mol. The van der Waals surface area contributed by atoms with E-state index in [4.69, 9.17) is 14.2 Å². The van der Waals surface area contributed by atoms with Crippen molar-refractivity contribution in [1.29, 1.82) is 0 Å². The van der Waals surface area contributed by atoms with Gasteiger partial charge in [-0.15, -0.1) is 0 Å². The Labute approximate surface area is 224 Å². The van der Waals surface area contributed by atoms with Gasteiger partial charge in [0.25, 0.3) is 0 Å². The molecule has 0 fully saturated rings. The van der Waals surface area contributed by atoms with Crippen LogP contribution in [0.3, 0.4) is 0 Å². The Balaban J connectivity index is 1.99. The summed E-state index contributed by atoms with van der Waals surface area (Å²) in [7, 11) is 0. The molecule has 37 heavy (non-hydrogen) atoms. The van der Waals surface area contributed by atoms with Crippen LogP contribution in [0.25, 0.3) is 0 Å². The number of esters is 3. The van der Waals surface area contributed by atoms with Crippen molar-refractivity contribution in [2.24, 2.45) is 0 Å². The summed E-state index contributed by atoms with van der Waals surface area (Å²) in [6.07, 6.45) is 17.1. The normalized spacial score (nSPS) is 12.5. The van der Waals surface area contributed by atoms with Gasteiger partial charge in [-0.05, 0) is 25.8 Å². The van der Waals surface area contributed by atoms with E-state index in [-0.39, 0.29) is 13.0 Å². The van der Waals surface area contributed by atoms with Crippen LogP contribution in [0.1, 0.15) is 129 Å². The fourth-order valence-corrected chi connectivity index (χ4v) is 4.11. The molecule has 0 amide bonds. The minimum atomic E-state index is -1.08. The lowest BCUT2D eigenvalue weighted by Gasteiger charge is -2.16. The Hall–Kier alpha value is -2.37. The van der Waals surface area contributed by atoms with Crippen molar-refractivity contribution in [3.8, 4) is 0 Å². The average Bonchev–Trinajstić information content (AvgIpc) is 2.89. The van der Waals surface area contributed by atoms with Gasteiger partial charge in [-0.2, -0.15) is 0 Å². The second-order valence-corrected chi connectivity index (χ2v) is 10.0. The summed E-state index contributed by atoms with van der Waals surface area (Å²) in [6, 6.07) is 9.25. The van der Waals surface area contributed by atoms with Crippen LogP contribution >= 0.6 is 0 Å². The largest absolute Gasteiger partial charge is 0.458 e. The smallest absolute Gasteiger partial charge is 0.347 e. The van der Waals surface area contributed by atoms with Gasteiger partial charge in [0.15, 0.2) is 12.2 Å². The van der Waals surface area contributed by atoms with E-state index in [2.05, 4.69) is 6.92 Å². The van der Waals surface area contributed by atoms with Crippen molar-refractivity contribution in [3.05, 3.63) is 35.9 Å². The Morgan fingerprint density at radius 3 is 1.59 bits per heavy atom. The van der Waals surface area contributed by atoms with E-state index in [0.717, 1.165) is 24.8 Å². The van der Waals surface area contributed by atoms with Crippen LogP contribution in [0.5, 0.6) is 0 Å². The zero-order valence-corrected chi connectivity index (χ0v) is 23.5. The molecule has 6 heteroatoms. The summed E-state index contributed by atoms with van der Waals surface area (Å²) in [5, 5.41) is 0. The SMILES string of the molecule is CCCCCCCCCCCCCCCCCC(=O)O[C@@H](C)C(=O)O[C@@H](C)C(=O)OCc1ccccc1. The number of unbranched alkanes of at least 4 members (excludes halogenated alkanes) is 14. The van der Waals surface area contributed by atoms with Gasteiger partial charge in [0, 0.05) is 6.42 Å². The molecule has 0 heterocycles. The van der Waals surface area contributed by atoms with Crippen LogP contribution in [0.2, 0.25) is 0 Å². The highest BCUT2D eigenvalue weighted by Crippen LogP contribution is 2.14. The van der Waals surface area contributed by atoms with Crippen LogP contribution in [0.4, 0.5) is 0 Å². The number of hydrogen-bond acceptors (Lipinski definition) is 6. The first-order chi connectivity index (χ1) is 17.9. The molecular formula is C31H50O6. The molecule has 6 nitrogen and oxygen atoms in total. The number of carbonyl (C=O) groups excluding carboxylic acids is 3. The number of ether oxygens (including phenoxy) is 3. The molecule has 0 spiro atoms. The van der Waals surface area contributed by atoms with Crippen LogP contribution in [-0.4, -0.2) is 30.1 Å². The molecule has 0 aromatic heterocycles. The minimum Gasteiger partial charge on any atom is -0.458 e. The van der Waals surface area contributed by atoms with Gasteiger partial charge < -0.3 is 14.2 Å². The van der Waals surface area contributed by atoms with Crippen molar-refractivity contribution >= 4 is 17.9 Å².